The Labute approximate surface area is 111 Å². The van der Waals surface area contributed by atoms with Crippen molar-refractivity contribution in [3.05, 3.63) is 24.3 Å². The van der Waals surface area contributed by atoms with E-state index in [0.29, 0.717) is 13.0 Å². The van der Waals surface area contributed by atoms with Crippen LogP contribution in [0, 0.1) is 5.92 Å². The molecular weight excluding hydrogens is 244 g/mol. The number of methoxy groups -OCH3 is 1. The number of anilines is 2. The molecule has 2 heterocycles. The lowest BCUT2D eigenvalue weighted by Gasteiger charge is -2.42. The molecule has 1 aromatic rings. The van der Waals surface area contributed by atoms with Crippen LogP contribution in [-0.2, 0) is 14.3 Å². The van der Waals surface area contributed by atoms with E-state index in [1.165, 1.54) is 7.11 Å². The molecule has 0 aliphatic carbocycles. The summed E-state index contributed by atoms with van der Waals surface area (Å²) in [4.78, 5) is 25.9. The molecule has 0 radical (unpaired) electrons. The predicted molar refractivity (Wildman–Crippen MR) is 70.9 cm³/mol. The third-order valence-corrected chi connectivity index (χ3v) is 3.91. The van der Waals surface area contributed by atoms with Crippen molar-refractivity contribution in [1.82, 2.24) is 0 Å². The number of fused-ring (bicyclic) bond motifs is 3. The van der Waals surface area contributed by atoms with Gasteiger partial charge in [0.25, 0.3) is 0 Å². The van der Waals surface area contributed by atoms with Gasteiger partial charge in [0, 0.05) is 6.54 Å². The molecule has 2 aliphatic heterocycles. The molecule has 5 nitrogen and oxygen atoms in total. The van der Waals surface area contributed by atoms with Crippen LogP contribution in [-0.4, -0.2) is 31.6 Å². The van der Waals surface area contributed by atoms with Crippen molar-refractivity contribution in [2.75, 3.05) is 23.9 Å². The summed E-state index contributed by atoms with van der Waals surface area (Å²) in [7, 11) is 1.39. The van der Waals surface area contributed by atoms with Gasteiger partial charge < -0.3 is 15.0 Å². The van der Waals surface area contributed by atoms with Crippen molar-refractivity contribution in [2.45, 2.75) is 18.9 Å². The Morgan fingerprint density at radius 3 is 3.00 bits per heavy atom. The molecule has 2 unspecified atom stereocenters. The van der Waals surface area contributed by atoms with Crippen molar-refractivity contribution in [3.63, 3.8) is 0 Å². The van der Waals surface area contributed by atoms with Crippen LogP contribution in [0.5, 0.6) is 0 Å². The number of para-hydroxylation sites is 2. The van der Waals surface area contributed by atoms with Crippen LogP contribution < -0.4 is 10.2 Å². The van der Waals surface area contributed by atoms with E-state index < -0.39 is 0 Å². The number of ether oxygens (including phenoxy) is 1. The summed E-state index contributed by atoms with van der Waals surface area (Å²) in [5.74, 6) is -0.430. The van der Waals surface area contributed by atoms with Gasteiger partial charge in [-0.2, -0.15) is 0 Å². The van der Waals surface area contributed by atoms with Gasteiger partial charge in [0.2, 0.25) is 5.91 Å². The number of esters is 1. The van der Waals surface area contributed by atoms with Gasteiger partial charge in [-0.1, -0.05) is 12.1 Å². The van der Waals surface area contributed by atoms with Gasteiger partial charge in [-0.25, -0.2) is 0 Å². The number of nitrogens with one attached hydrogen (secondary N) is 1. The summed E-state index contributed by atoms with van der Waals surface area (Å²) in [6.07, 6.45) is 1.25. The van der Waals surface area contributed by atoms with Gasteiger partial charge in [0.15, 0.2) is 0 Å². The fourth-order valence-electron chi connectivity index (χ4n) is 2.93. The number of hydrogen-bond acceptors (Lipinski definition) is 4. The number of hydrogen-bond donors (Lipinski definition) is 1. The summed E-state index contributed by atoms with van der Waals surface area (Å²) >= 11 is 0. The molecule has 1 fully saturated rings. The average Bonchev–Trinajstić information content (AvgIpc) is 2.46. The summed E-state index contributed by atoms with van der Waals surface area (Å²) in [5.41, 5.74) is 1.88. The Kier molecular flexibility index (Phi) is 2.89. The van der Waals surface area contributed by atoms with Gasteiger partial charge in [-0.3, -0.25) is 9.59 Å². The van der Waals surface area contributed by atoms with Crippen LogP contribution in [0.15, 0.2) is 24.3 Å². The first-order valence-corrected chi connectivity index (χ1v) is 6.45. The van der Waals surface area contributed by atoms with Crippen LogP contribution in [0.2, 0.25) is 0 Å². The van der Waals surface area contributed by atoms with Crippen LogP contribution >= 0.6 is 0 Å². The molecule has 5 heteroatoms. The third-order valence-electron chi connectivity index (χ3n) is 3.91. The normalized spacial score (nSPS) is 25.1. The lowest BCUT2D eigenvalue weighted by Crippen LogP contribution is -2.53. The molecule has 2 aliphatic rings. The highest BCUT2D eigenvalue weighted by molar-refractivity contribution is 6.04. The first-order chi connectivity index (χ1) is 9.20. The Balaban J connectivity index is 1.88. The molecule has 1 N–H and O–H groups in total. The van der Waals surface area contributed by atoms with E-state index in [-0.39, 0.29) is 23.8 Å². The molecule has 1 amide bonds. The minimum atomic E-state index is -0.271. The summed E-state index contributed by atoms with van der Waals surface area (Å²) in [6.45, 7) is 0.703. The maximum Gasteiger partial charge on any atom is 0.308 e. The predicted octanol–water partition coefficient (Wildman–Crippen LogP) is 1.40. The molecule has 100 valence electrons. The van der Waals surface area contributed by atoms with E-state index >= 15 is 0 Å². The lowest BCUT2D eigenvalue weighted by molar-refractivity contribution is -0.146. The number of carbonyl (C=O) groups is 2. The average molecular weight is 260 g/mol. The van der Waals surface area contributed by atoms with E-state index in [1.807, 2.05) is 24.3 Å². The number of amides is 1. The molecule has 0 spiro atoms. The van der Waals surface area contributed by atoms with Crippen molar-refractivity contribution in [2.24, 2.45) is 5.92 Å². The maximum atomic E-state index is 12.1. The molecule has 19 heavy (non-hydrogen) atoms. The second-order valence-corrected chi connectivity index (χ2v) is 4.96. The first-order valence-electron chi connectivity index (χ1n) is 6.45. The molecular formula is C14H16N2O3. The van der Waals surface area contributed by atoms with Crippen molar-refractivity contribution in [3.8, 4) is 0 Å². The zero-order chi connectivity index (χ0) is 13.4. The molecule has 0 bridgehead atoms. The Hall–Kier alpha value is -2.04. The second kappa shape index (κ2) is 4.57. The number of carbonyl (C=O) groups excluding carboxylic acids is 2. The van der Waals surface area contributed by atoms with E-state index in [2.05, 4.69) is 10.2 Å². The minimum absolute atomic E-state index is 0.0349. The standard InChI is InChI=1S/C14H16N2O3/c1-19-14(18)9-6-7-16-11-5-3-2-4-10(11)15-13(17)12(16)8-9/h2-5,9,12H,6-8H2,1H3,(H,15,17). The Bertz CT molecular complexity index is 529. The molecule has 0 aromatic heterocycles. The van der Waals surface area contributed by atoms with Gasteiger partial charge in [-0.05, 0) is 25.0 Å². The third kappa shape index (κ3) is 1.95. The Morgan fingerprint density at radius 2 is 2.21 bits per heavy atom. The number of piperidine rings is 1. The number of benzene rings is 1. The molecule has 2 atom stereocenters. The van der Waals surface area contributed by atoms with Crippen LogP contribution in [0.4, 0.5) is 11.4 Å². The van der Waals surface area contributed by atoms with E-state index in [4.69, 9.17) is 4.74 Å². The SMILES string of the molecule is COC(=O)C1CCN2c3ccccc3NC(=O)C2C1. The highest BCUT2D eigenvalue weighted by Crippen LogP contribution is 2.37. The minimum Gasteiger partial charge on any atom is -0.469 e. The van der Waals surface area contributed by atoms with Gasteiger partial charge in [0.1, 0.15) is 6.04 Å². The van der Waals surface area contributed by atoms with E-state index in [1.54, 1.807) is 0 Å². The van der Waals surface area contributed by atoms with E-state index in [9.17, 15) is 9.59 Å². The molecule has 1 saturated heterocycles. The van der Waals surface area contributed by atoms with Crippen LogP contribution in [0.25, 0.3) is 0 Å². The molecule has 3 rings (SSSR count). The lowest BCUT2D eigenvalue weighted by atomic mass is 9.88. The smallest absolute Gasteiger partial charge is 0.308 e. The van der Waals surface area contributed by atoms with Crippen molar-refractivity contribution >= 4 is 23.3 Å². The van der Waals surface area contributed by atoms with Gasteiger partial charge in [0.05, 0.1) is 24.4 Å². The molecule has 1 aromatic carbocycles. The van der Waals surface area contributed by atoms with Gasteiger partial charge >= 0.3 is 5.97 Å². The topological polar surface area (TPSA) is 58.6 Å². The monoisotopic (exact) mass is 260 g/mol. The molecule has 0 saturated carbocycles. The summed E-state index contributed by atoms with van der Waals surface area (Å²) in [5, 5.41) is 2.90. The van der Waals surface area contributed by atoms with Gasteiger partial charge in [-0.15, -0.1) is 0 Å². The zero-order valence-electron chi connectivity index (χ0n) is 10.8. The number of rotatable bonds is 1. The highest BCUT2D eigenvalue weighted by Gasteiger charge is 2.40. The highest BCUT2D eigenvalue weighted by atomic mass is 16.5. The Morgan fingerprint density at radius 1 is 1.42 bits per heavy atom. The summed E-state index contributed by atoms with van der Waals surface area (Å²) < 4.78 is 4.78. The zero-order valence-corrected chi connectivity index (χ0v) is 10.8. The fraction of sp³-hybridized carbons (Fsp3) is 0.429. The maximum absolute atomic E-state index is 12.1. The fourth-order valence-corrected chi connectivity index (χ4v) is 2.93. The van der Waals surface area contributed by atoms with E-state index in [0.717, 1.165) is 17.8 Å². The quantitative estimate of drug-likeness (QED) is 0.775. The van der Waals surface area contributed by atoms with Crippen molar-refractivity contribution < 1.29 is 14.3 Å². The first kappa shape index (κ1) is 12.0. The van der Waals surface area contributed by atoms with Crippen LogP contribution in [0.1, 0.15) is 12.8 Å². The summed E-state index contributed by atoms with van der Waals surface area (Å²) in [6, 6.07) is 7.49. The number of nitrogens with zero attached hydrogens (tertiary/aromatic N) is 1. The second-order valence-electron chi connectivity index (χ2n) is 4.96. The largest absolute Gasteiger partial charge is 0.469 e. The van der Waals surface area contributed by atoms with Crippen molar-refractivity contribution in [1.29, 1.82) is 0 Å². The van der Waals surface area contributed by atoms with Crippen LogP contribution in [0.3, 0.4) is 0 Å².